The molecule has 0 amide bonds. The molecule has 0 bridgehead atoms. The second-order valence-electron chi connectivity index (χ2n) is 3.02. The fourth-order valence-corrected chi connectivity index (χ4v) is 1.62. The number of aliphatic hydroxyl groups is 1. The quantitative estimate of drug-likeness (QED) is 0.867. The van der Waals surface area contributed by atoms with Crippen molar-refractivity contribution in [3.63, 3.8) is 0 Å². The molecule has 0 aliphatic heterocycles. The van der Waals surface area contributed by atoms with Crippen LogP contribution in [-0.2, 0) is 0 Å². The van der Waals surface area contributed by atoms with Gasteiger partial charge in [0.1, 0.15) is 5.75 Å². The smallest absolute Gasteiger partial charge is 0.132 e. The van der Waals surface area contributed by atoms with Gasteiger partial charge in [-0.05, 0) is 47.2 Å². The Morgan fingerprint density at radius 3 is 2.79 bits per heavy atom. The average Bonchev–Trinajstić information content (AvgIpc) is 2.20. The molecule has 0 aliphatic rings. The molecule has 1 N–H and O–H groups in total. The summed E-state index contributed by atoms with van der Waals surface area (Å²) < 4.78 is 6.57. The molecule has 0 fully saturated rings. The van der Waals surface area contributed by atoms with Crippen LogP contribution < -0.4 is 4.74 Å². The normalized spacial score (nSPS) is 10.6. The molecular formula is C11H14IO2. The molecule has 0 aromatic heterocycles. The first-order chi connectivity index (χ1) is 6.69. The summed E-state index contributed by atoms with van der Waals surface area (Å²) in [7, 11) is 0. The molecule has 0 heterocycles. The lowest BCUT2D eigenvalue weighted by molar-refractivity contribution is 0.314. The molecule has 2 nitrogen and oxygen atoms in total. The van der Waals surface area contributed by atoms with Crippen molar-refractivity contribution in [2.45, 2.75) is 13.8 Å². The molecule has 0 aliphatic carbocycles. The molecule has 14 heavy (non-hydrogen) atoms. The van der Waals surface area contributed by atoms with Crippen LogP contribution in [0.4, 0.5) is 0 Å². The minimum absolute atomic E-state index is 0.0894. The summed E-state index contributed by atoms with van der Waals surface area (Å²) in [5.41, 5.74) is 1.04. The van der Waals surface area contributed by atoms with Gasteiger partial charge in [0.15, 0.2) is 0 Å². The Balaban J connectivity index is 2.93. The van der Waals surface area contributed by atoms with Crippen LogP contribution in [-0.4, -0.2) is 18.3 Å². The molecule has 0 saturated heterocycles. The third kappa shape index (κ3) is 2.85. The van der Waals surface area contributed by atoms with Crippen molar-refractivity contribution in [1.29, 1.82) is 0 Å². The maximum absolute atomic E-state index is 9.00. The van der Waals surface area contributed by atoms with E-state index in [-0.39, 0.29) is 6.61 Å². The maximum Gasteiger partial charge on any atom is 0.132 e. The van der Waals surface area contributed by atoms with Crippen molar-refractivity contribution in [2.24, 2.45) is 0 Å². The number of aliphatic hydroxyl groups excluding tert-OH is 1. The topological polar surface area (TPSA) is 29.5 Å². The highest BCUT2D eigenvalue weighted by Crippen LogP contribution is 2.25. The molecule has 1 radical (unpaired) electrons. The van der Waals surface area contributed by atoms with E-state index in [2.05, 4.69) is 22.6 Å². The highest BCUT2D eigenvalue weighted by Gasteiger charge is 2.08. The molecule has 0 unspecified atom stereocenters. The van der Waals surface area contributed by atoms with E-state index in [1.165, 1.54) is 0 Å². The van der Waals surface area contributed by atoms with Crippen LogP contribution in [0.3, 0.4) is 0 Å². The van der Waals surface area contributed by atoms with E-state index in [9.17, 15) is 0 Å². The highest BCUT2D eigenvalue weighted by atomic mass is 127. The van der Waals surface area contributed by atoms with Crippen LogP contribution in [0.1, 0.15) is 19.4 Å². The number of ether oxygens (including phenoxy) is 1. The van der Waals surface area contributed by atoms with Crippen LogP contribution in [0, 0.1) is 9.49 Å². The van der Waals surface area contributed by atoms with Gasteiger partial charge in [-0.15, -0.1) is 0 Å². The van der Waals surface area contributed by atoms with E-state index in [1.807, 2.05) is 32.0 Å². The van der Waals surface area contributed by atoms with Crippen molar-refractivity contribution in [2.75, 3.05) is 13.2 Å². The largest absolute Gasteiger partial charge is 0.493 e. The van der Waals surface area contributed by atoms with E-state index >= 15 is 0 Å². The zero-order valence-corrected chi connectivity index (χ0v) is 10.5. The van der Waals surface area contributed by atoms with Crippen LogP contribution in [0.15, 0.2) is 18.2 Å². The fourth-order valence-electron chi connectivity index (χ4n) is 1.13. The lowest BCUT2D eigenvalue weighted by atomic mass is 10.0. The number of hydrogen-bond donors (Lipinski definition) is 1. The van der Waals surface area contributed by atoms with Gasteiger partial charge in [0.2, 0.25) is 0 Å². The Morgan fingerprint density at radius 1 is 1.50 bits per heavy atom. The summed E-state index contributed by atoms with van der Waals surface area (Å²) in [5.74, 6) is 1.85. The van der Waals surface area contributed by atoms with Gasteiger partial charge in [-0.3, -0.25) is 0 Å². The summed E-state index contributed by atoms with van der Waals surface area (Å²) >= 11 is 2.24. The van der Waals surface area contributed by atoms with Gasteiger partial charge in [0.25, 0.3) is 0 Å². The monoisotopic (exact) mass is 305 g/mol. The predicted molar refractivity (Wildman–Crippen MR) is 65.4 cm³/mol. The van der Waals surface area contributed by atoms with E-state index < -0.39 is 0 Å². The molecule has 3 heteroatoms. The van der Waals surface area contributed by atoms with E-state index in [1.54, 1.807) is 0 Å². The Bertz CT molecular complexity index is 299. The fraction of sp³-hybridized carbons (Fsp3) is 0.364. The highest BCUT2D eigenvalue weighted by molar-refractivity contribution is 14.1. The molecular weight excluding hydrogens is 291 g/mol. The average molecular weight is 305 g/mol. The van der Waals surface area contributed by atoms with Crippen molar-refractivity contribution in [3.05, 3.63) is 33.3 Å². The third-order valence-corrected chi connectivity index (χ3v) is 2.85. The van der Waals surface area contributed by atoms with Crippen LogP contribution in [0.5, 0.6) is 5.75 Å². The lowest BCUT2D eigenvalue weighted by Crippen LogP contribution is -2.02. The van der Waals surface area contributed by atoms with Crippen LogP contribution in [0.2, 0.25) is 0 Å². The van der Waals surface area contributed by atoms with Crippen molar-refractivity contribution < 1.29 is 9.84 Å². The Morgan fingerprint density at radius 2 is 2.21 bits per heavy atom. The predicted octanol–water partition coefficient (Wildman–Crippen LogP) is 2.62. The lowest BCUT2D eigenvalue weighted by Gasteiger charge is -2.11. The number of rotatable bonds is 4. The van der Waals surface area contributed by atoms with Crippen LogP contribution >= 0.6 is 22.6 Å². The maximum atomic E-state index is 9.00. The van der Waals surface area contributed by atoms with E-state index in [0.29, 0.717) is 6.61 Å². The first-order valence-electron chi connectivity index (χ1n) is 4.55. The Hall–Kier alpha value is -0.290. The third-order valence-electron chi connectivity index (χ3n) is 1.96. The minimum Gasteiger partial charge on any atom is -0.493 e. The van der Waals surface area contributed by atoms with Gasteiger partial charge in [0, 0.05) is 5.92 Å². The number of benzene rings is 1. The standard InChI is InChI=1S/C11H14IO2/c1-3-14-11-6-9(8(2)7-13)4-5-10(11)12/h4-6,13H,3,7H2,1-2H3. The van der Waals surface area contributed by atoms with E-state index in [4.69, 9.17) is 9.84 Å². The summed E-state index contributed by atoms with van der Waals surface area (Å²) in [6.07, 6.45) is 0. The van der Waals surface area contributed by atoms with Gasteiger partial charge in [-0.25, -0.2) is 0 Å². The molecule has 0 spiro atoms. The van der Waals surface area contributed by atoms with Crippen molar-refractivity contribution >= 4 is 22.6 Å². The van der Waals surface area contributed by atoms with E-state index in [0.717, 1.165) is 20.8 Å². The summed E-state index contributed by atoms with van der Waals surface area (Å²) in [6, 6.07) is 5.96. The molecule has 1 aromatic carbocycles. The van der Waals surface area contributed by atoms with Gasteiger partial charge < -0.3 is 9.84 Å². The molecule has 1 rings (SSSR count). The first kappa shape index (κ1) is 11.8. The summed E-state index contributed by atoms with van der Waals surface area (Å²) in [6.45, 7) is 4.63. The molecule has 1 aromatic rings. The second kappa shape index (κ2) is 5.56. The van der Waals surface area contributed by atoms with Gasteiger partial charge in [0.05, 0.1) is 16.8 Å². The minimum atomic E-state index is 0.0894. The summed E-state index contributed by atoms with van der Waals surface area (Å²) in [4.78, 5) is 0. The SMILES string of the molecule is CCOc1cc([C](C)CO)ccc1I. The zero-order valence-electron chi connectivity index (χ0n) is 8.38. The molecule has 0 atom stereocenters. The van der Waals surface area contributed by atoms with Crippen molar-refractivity contribution in [3.8, 4) is 5.75 Å². The number of hydrogen-bond acceptors (Lipinski definition) is 2. The second-order valence-corrected chi connectivity index (χ2v) is 4.18. The number of halogens is 1. The van der Waals surface area contributed by atoms with Gasteiger partial charge in [-0.1, -0.05) is 13.0 Å². The first-order valence-corrected chi connectivity index (χ1v) is 5.63. The molecule has 77 valence electrons. The summed E-state index contributed by atoms with van der Waals surface area (Å²) in [5, 5.41) is 9.00. The van der Waals surface area contributed by atoms with Crippen molar-refractivity contribution in [1.82, 2.24) is 0 Å². The molecule has 0 saturated carbocycles. The van der Waals surface area contributed by atoms with Gasteiger partial charge >= 0.3 is 0 Å². The zero-order chi connectivity index (χ0) is 10.6. The van der Waals surface area contributed by atoms with Gasteiger partial charge in [-0.2, -0.15) is 0 Å². The Kier molecular flexibility index (Phi) is 4.68. The Labute approximate surface area is 98.4 Å². The van der Waals surface area contributed by atoms with Crippen LogP contribution in [0.25, 0.3) is 0 Å².